The van der Waals surface area contributed by atoms with E-state index in [1.807, 2.05) is 36.1 Å². The maximum atomic E-state index is 13.9. The van der Waals surface area contributed by atoms with Gasteiger partial charge in [-0.3, -0.25) is 14.3 Å². The SMILES string of the molecule is COc1ccc(-c2cc3n(n2)CC(C)(C(=O)NC2CCCCC2)N(C2CCCC2)C3=O)cc1OC. The molecule has 0 spiro atoms. The van der Waals surface area contributed by atoms with Gasteiger partial charge in [0.05, 0.1) is 26.5 Å². The van der Waals surface area contributed by atoms with Gasteiger partial charge in [0.15, 0.2) is 11.5 Å². The zero-order chi connectivity index (χ0) is 24.6. The first-order chi connectivity index (χ1) is 16.9. The average Bonchev–Trinajstić information content (AvgIpc) is 3.54. The van der Waals surface area contributed by atoms with Crippen LogP contribution in [0.3, 0.4) is 0 Å². The van der Waals surface area contributed by atoms with Gasteiger partial charge >= 0.3 is 0 Å². The van der Waals surface area contributed by atoms with E-state index in [1.165, 1.54) is 6.42 Å². The van der Waals surface area contributed by atoms with E-state index in [0.29, 0.717) is 29.4 Å². The van der Waals surface area contributed by atoms with Crippen LogP contribution in [0, 0.1) is 0 Å². The van der Waals surface area contributed by atoms with Crippen molar-refractivity contribution < 1.29 is 19.1 Å². The molecule has 0 saturated heterocycles. The van der Waals surface area contributed by atoms with Crippen molar-refractivity contribution in [3.8, 4) is 22.8 Å². The highest BCUT2D eigenvalue weighted by Gasteiger charge is 2.51. The third kappa shape index (κ3) is 4.28. The second kappa shape index (κ2) is 9.55. The Morgan fingerprint density at radius 2 is 1.69 bits per heavy atom. The van der Waals surface area contributed by atoms with Gasteiger partial charge in [-0.25, -0.2) is 0 Å². The Bertz CT molecular complexity index is 1100. The van der Waals surface area contributed by atoms with Crippen LogP contribution in [0.2, 0.25) is 0 Å². The predicted octanol–water partition coefficient (Wildman–Crippen LogP) is 4.17. The van der Waals surface area contributed by atoms with Gasteiger partial charge in [0, 0.05) is 17.6 Å². The van der Waals surface area contributed by atoms with Gasteiger partial charge in [0.2, 0.25) is 5.91 Å². The van der Waals surface area contributed by atoms with Gasteiger partial charge in [-0.15, -0.1) is 0 Å². The molecule has 1 aliphatic heterocycles. The van der Waals surface area contributed by atoms with Crippen molar-refractivity contribution in [1.82, 2.24) is 20.0 Å². The Balaban J connectivity index is 1.50. The molecule has 0 bridgehead atoms. The Labute approximate surface area is 207 Å². The van der Waals surface area contributed by atoms with Crippen molar-refractivity contribution in [2.45, 2.75) is 88.9 Å². The normalized spacial score (nSPS) is 23.3. The van der Waals surface area contributed by atoms with E-state index in [4.69, 9.17) is 14.6 Å². The minimum atomic E-state index is -0.975. The lowest BCUT2D eigenvalue weighted by Gasteiger charge is -2.47. The molecule has 1 aromatic carbocycles. The molecule has 2 saturated carbocycles. The molecular formula is C27H36N4O4. The number of hydrogen-bond acceptors (Lipinski definition) is 5. The maximum Gasteiger partial charge on any atom is 0.273 e. The molecule has 2 heterocycles. The minimum Gasteiger partial charge on any atom is -0.493 e. The lowest BCUT2D eigenvalue weighted by atomic mass is 9.90. The van der Waals surface area contributed by atoms with Gasteiger partial charge < -0.3 is 19.7 Å². The molecule has 2 amide bonds. The van der Waals surface area contributed by atoms with Crippen LogP contribution in [0.4, 0.5) is 0 Å². The van der Waals surface area contributed by atoms with Crippen LogP contribution in [-0.2, 0) is 11.3 Å². The van der Waals surface area contributed by atoms with Gasteiger partial charge in [-0.2, -0.15) is 5.10 Å². The topological polar surface area (TPSA) is 85.7 Å². The quantitative estimate of drug-likeness (QED) is 0.671. The van der Waals surface area contributed by atoms with Gasteiger partial charge in [0.1, 0.15) is 11.2 Å². The fourth-order valence-electron chi connectivity index (χ4n) is 6.06. The molecule has 2 fully saturated rings. The number of rotatable bonds is 6. The number of aromatic nitrogens is 2. The summed E-state index contributed by atoms with van der Waals surface area (Å²) in [6, 6.07) is 7.71. The smallest absolute Gasteiger partial charge is 0.273 e. The van der Waals surface area contributed by atoms with E-state index >= 15 is 0 Å². The number of nitrogens with zero attached hydrogens (tertiary/aromatic N) is 3. The summed E-state index contributed by atoms with van der Waals surface area (Å²) in [5, 5.41) is 8.08. The number of fused-ring (bicyclic) bond motifs is 1. The predicted molar refractivity (Wildman–Crippen MR) is 133 cm³/mol. The number of carbonyl (C=O) groups is 2. The van der Waals surface area contributed by atoms with Crippen molar-refractivity contribution in [2.24, 2.45) is 0 Å². The molecule has 8 heteroatoms. The highest BCUT2D eigenvalue weighted by atomic mass is 16.5. The summed E-state index contributed by atoms with van der Waals surface area (Å²) in [6.07, 6.45) is 9.59. The van der Waals surface area contributed by atoms with Gasteiger partial charge in [-0.05, 0) is 56.9 Å². The fraction of sp³-hybridized carbons (Fsp3) is 0.593. The summed E-state index contributed by atoms with van der Waals surface area (Å²) < 4.78 is 12.5. The number of benzene rings is 1. The summed E-state index contributed by atoms with van der Waals surface area (Å²) >= 11 is 0. The van der Waals surface area contributed by atoms with Crippen LogP contribution in [0.25, 0.3) is 11.3 Å². The number of amides is 2. The fourth-order valence-corrected chi connectivity index (χ4v) is 6.06. The molecule has 3 aliphatic rings. The van der Waals surface area contributed by atoms with Crippen molar-refractivity contribution in [1.29, 1.82) is 0 Å². The van der Waals surface area contributed by atoms with E-state index in [9.17, 15) is 9.59 Å². The minimum absolute atomic E-state index is 0.0570. The lowest BCUT2D eigenvalue weighted by molar-refractivity contribution is -0.135. The average molecular weight is 481 g/mol. The summed E-state index contributed by atoms with van der Waals surface area (Å²) in [5.74, 6) is 1.07. The first kappa shape index (κ1) is 23.7. The Kier molecular flexibility index (Phi) is 6.47. The van der Waals surface area contributed by atoms with Crippen LogP contribution in [0.5, 0.6) is 11.5 Å². The third-order valence-electron chi connectivity index (χ3n) is 8.01. The van der Waals surface area contributed by atoms with Gasteiger partial charge in [-0.1, -0.05) is 32.1 Å². The van der Waals surface area contributed by atoms with E-state index < -0.39 is 5.54 Å². The molecule has 0 radical (unpaired) electrons. The van der Waals surface area contributed by atoms with Gasteiger partial charge in [0.25, 0.3) is 5.91 Å². The summed E-state index contributed by atoms with van der Waals surface area (Å²) in [5.41, 5.74) is 1.07. The van der Waals surface area contributed by atoms with E-state index in [2.05, 4.69) is 5.32 Å². The largest absolute Gasteiger partial charge is 0.493 e. The summed E-state index contributed by atoms with van der Waals surface area (Å²) in [7, 11) is 3.20. The molecule has 2 aromatic rings. The first-order valence-corrected chi connectivity index (χ1v) is 12.9. The molecule has 1 unspecified atom stereocenters. The molecule has 2 aliphatic carbocycles. The van der Waals surface area contributed by atoms with Crippen LogP contribution in [0.15, 0.2) is 24.3 Å². The Morgan fingerprint density at radius 3 is 2.37 bits per heavy atom. The number of nitrogens with one attached hydrogen (secondary N) is 1. The highest BCUT2D eigenvalue weighted by Crippen LogP contribution is 2.38. The van der Waals surface area contributed by atoms with Crippen molar-refractivity contribution in [3.05, 3.63) is 30.0 Å². The maximum absolute atomic E-state index is 13.9. The van der Waals surface area contributed by atoms with Crippen LogP contribution >= 0.6 is 0 Å². The number of methoxy groups -OCH3 is 2. The lowest BCUT2D eigenvalue weighted by Crippen LogP contribution is -2.67. The summed E-state index contributed by atoms with van der Waals surface area (Å²) in [4.78, 5) is 29.6. The van der Waals surface area contributed by atoms with Crippen molar-refractivity contribution >= 4 is 11.8 Å². The van der Waals surface area contributed by atoms with Crippen LogP contribution in [-0.4, -0.2) is 58.3 Å². The molecule has 1 aromatic heterocycles. The number of ether oxygens (including phenoxy) is 2. The molecular weight excluding hydrogens is 444 g/mol. The zero-order valence-corrected chi connectivity index (χ0v) is 21.0. The third-order valence-corrected chi connectivity index (χ3v) is 8.01. The zero-order valence-electron chi connectivity index (χ0n) is 21.0. The Morgan fingerprint density at radius 1 is 1.00 bits per heavy atom. The summed E-state index contributed by atoms with van der Waals surface area (Å²) in [6.45, 7) is 2.26. The van der Waals surface area contributed by atoms with E-state index in [0.717, 1.165) is 56.9 Å². The monoisotopic (exact) mass is 480 g/mol. The molecule has 188 valence electrons. The van der Waals surface area contributed by atoms with Crippen molar-refractivity contribution in [2.75, 3.05) is 14.2 Å². The number of hydrogen-bond donors (Lipinski definition) is 1. The molecule has 35 heavy (non-hydrogen) atoms. The second-order valence-corrected chi connectivity index (χ2v) is 10.3. The second-order valence-electron chi connectivity index (χ2n) is 10.3. The molecule has 5 rings (SSSR count). The molecule has 8 nitrogen and oxygen atoms in total. The molecule has 1 N–H and O–H groups in total. The van der Waals surface area contributed by atoms with E-state index in [-0.39, 0.29) is 23.9 Å². The van der Waals surface area contributed by atoms with Crippen LogP contribution in [0.1, 0.15) is 75.2 Å². The van der Waals surface area contributed by atoms with E-state index in [1.54, 1.807) is 18.9 Å². The van der Waals surface area contributed by atoms with Crippen LogP contribution < -0.4 is 14.8 Å². The van der Waals surface area contributed by atoms with Crippen molar-refractivity contribution in [3.63, 3.8) is 0 Å². The first-order valence-electron chi connectivity index (χ1n) is 12.9. The Hall–Kier alpha value is -3.03. The standard InChI is InChI=1S/C27H36N4O4/c1-27(26(33)28-19-9-5-4-6-10-19)17-30-22(25(32)31(27)20-11-7-8-12-20)16-21(29-30)18-13-14-23(34-2)24(15-18)35-3/h13-16,19-20H,4-12,17H2,1-3H3,(H,28,33). The molecule has 1 atom stereocenters. The highest BCUT2D eigenvalue weighted by molar-refractivity contribution is 6.00. The number of carbonyl (C=O) groups excluding carboxylic acids is 2.